The normalized spacial score (nSPS) is 16.0. The molecule has 0 spiro atoms. The van der Waals surface area contributed by atoms with Crippen LogP contribution in [0.5, 0.6) is 11.5 Å². The molecule has 0 heterocycles. The third-order valence-corrected chi connectivity index (χ3v) is 3.73. The summed E-state index contributed by atoms with van der Waals surface area (Å²) in [4.78, 5) is 10.9. The third kappa shape index (κ3) is 2.34. The van der Waals surface area contributed by atoms with E-state index in [-0.39, 0.29) is 22.9 Å². The average molecular weight is 289 g/mol. The van der Waals surface area contributed by atoms with Crippen molar-refractivity contribution >= 4 is 17.6 Å². The van der Waals surface area contributed by atoms with Crippen molar-refractivity contribution in [2.24, 2.45) is 0 Å². The Bertz CT molecular complexity index is 526. The molecule has 1 aliphatic rings. The second-order valence-electron chi connectivity index (χ2n) is 4.64. The van der Waals surface area contributed by atoms with Crippen LogP contribution in [-0.4, -0.2) is 25.3 Å². The number of rotatable bonds is 5. The Kier molecular flexibility index (Phi) is 3.58. The number of hydrogen-bond donors (Lipinski definition) is 1. The van der Waals surface area contributed by atoms with Gasteiger partial charge >= 0.3 is 5.97 Å². The molecule has 1 aliphatic carbocycles. The van der Waals surface area contributed by atoms with Crippen molar-refractivity contribution in [2.45, 2.75) is 24.7 Å². The number of benzene rings is 1. The smallest absolute Gasteiger partial charge is 0.304 e. The number of carbonyl (C=O) groups is 1. The fourth-order valence-electron chi connectivity index (χ4n) is 2.35. The zero-order valence-electron chi connectivity index (χ0n) is 10.6. The number of aliphatic carboxylic acids is 1. The molecule has 0 aromatic heterocycles. The molecule has 104 valence electrons. The number of carboxylic acids is 1. The Balaban J connectivity index is 2.55. The van der Waals surface area contributed by atoms with Crippen molar-refractivity contribution in [3.63, 3.8) is 0 Å². The molecule has 1 fully saturated rings. The topological polar surface area (TPSA) is 55.8 Å². The van der Waals surface area contributed by atoms with E-state index in [2.05, 4.69) is 0 Å². The van der Waals surface area contributed by atoms with E-state index in [0.29, 0.717) is 18.4 Å². The van der Waals surface area contributed by atoms with Crippen molar-refractivity contribution in [2.75, 3.05) is 14.2 Å². The lowest BCUT2D eigenvalue weighted by Crippen LogP contribution is -2.15. The summed E-state index contributed by atoms with van der Waals surface area (Å²) in [6.45, 7) is 0. The van der Waals surface area contributed by atoms with E-state index in [0.717, 1.165) is 0 Å². The lowest BCUT2D eigenvalue weighted by molar-refractivity contribution is -0.137. The molecule has 0 aliphatic heterocycles. The number of methoxy groups -OCH3 is 2. The number of halogens is 2. The predicted molar refractivity (Wildman–Crippen MR) is 67.7 cm³/mol. The fourth-order valence-corrected chi connectivity index (χ4v) is 2.62. The second kappa shape index (κ2) is 4.89. The molecule has 6 heteroatoms. The number of carboxylic acid groups (broad SMARTS) is 1. The van der Waals surface area contributed by atoms with E-state index in [1.165, 1.54) is 20.3 Å². The highest BCUT2D eigenvalue weighted by atomic mass is 35.5. The van der Waals surface area contributed by atoms with Crippen LogP contribution in [0.1, 0.15) is 24.8 Å². The van der Waals surface area contributed by atoms with Crippen LogP contribution >= 0.6 is 11.6 Å². The van der Waals surface area contributed by atoms with Crippen molar-refractivity contribution in [3.05, 3.63) is 22.5 Å². The lowest BCUT2D eigenvalue weighted by atomic mass is 9.91. The molecule has 0 unspecified atom stereocenters. The molecule has 2 rings (SSSR count). The van der Waals surface area contributed by atoms with Gasteiger partial charge in [0.15, 0.2) is 11.5 Å². The van der Waals surface area contributed by atoms with Crippen LogP contribution in [0.4, 0.5) is 4.39 Å². The monoisotopic (exact) mass is 288 g/mol. The highest BCUT2D eigenvalue weighted by molar-refractivity contribution is 6.32. The molecular formula is C13H14ClFO4. The highest BCUT2D eigenvalue weighted by Gasteiger charge is 2.49. The van der Waals surface area contributed by atoms with Crippen LogP contribution in [0, 0.1) is 5.82 Å². The Morgan fingerprint density at radius 1 is 1.42 bits per heavy atom. The van der Waals surface area contributed by atoms with Gasteiger partial charge in [0.05, 0.1) is 25.7 Å². The van der Waals surface area contributed by atoms with Gasteiger partial charge in [-0.05, 0) is 18.9 Å². The molecule has 4 nitrogen and oxygen atoms in total. The minimum Gasteiger partial charge on any atom is -0.493 e. The molecule has 1 aromatic rings. The van der Waals surface area contributed by atoms with Crippen molar-refractivity contribution in [1.29, 1.82) is 0 Å². The van der Waals surface area contributed by atoms with Gasteiger partial charge in [0.2, 0.25) is 5.82 Å². The summed E-state index contributed by atoms with van der Waals surface area (Å²) in [6.07, 6.45) is 1.29. The molecule has 0 saturated heterocycles. The molecular weight excluding hydrogens is 275 g/mol. The Hall–Kier alpha value is -1.49. The second-order valence-corrected chi connectivity index (χ2v) is 5.04. The minimum atomic E-state index is -0.924. The van der Waals surface area contributed by atoms with Gasteiger partial charge in [0.25, 0.3) is 0 Å². The molecule has 0 radical (unpaired) electrons. The Morgan fingerprint density at radius 2 is 2.00 bits per heavy atom. The maximum absolute atomic E-state index is 14.2. The highest BCUT2D eigenvalue weighted by Crippen LogP contribution is 2.56. The van der Waals surface area contributed by atoms with Crippen LogP contribution in [-0.2, 0) is 10.2 Å². The number of hydrogen-bond acceptors (Lipinski definition) is 3. The summed E-state index contributed by atoms with van der Waals surface area (Å²) in [6, 6.07) is 1.54. The van der Waals surface area contributed by atoms with Crippen molar-refractivity contribution < 1.29 is 23.8 Å². The molecule has 0 atom stereocenters. The molecule has 19 heavy (non-hydrogen) atoms. The largest absolute Gasteiger partial charge is 0.493 e. The van der Waals surface area contributed by atoms with Gasteiger partial charge in [-0.25, -0.2) is 0 Å². The van der Waals surface area contributed by atoms with Gasteiger partial charge in [-0.2, -0.15) is 4.39 Å². The average Bonchev–Trinajstić information content (AvgIpc) is 3.09. The quantitative estimate of drug-likeness (QED) is 0.905. The molecule has 0 amide bonds. The van der Waals surface area contributed by atoms with Crippen LogP contribution in [0.15, 0.2) is 6.07 Å². The van der Waals surface area contributed by atoms with E-state index >= 15 is 0 Å². The molecule has 1 saturated carbocycles. The maximum atomic E-state index is 14.2. The van der Waals surface area contributed by atoms with Crippen molar-refractivity contribution in [3.8, 4) is 11.5 Å². The lowest BCUT2D eigenvalue weighted by Gasteiger charge is -2.19. The van der Waals surface area contributed by atoms with Gasteiger partial charge in [0.1, 0.15) is 0 Å². The van der Waals surface area contributed by atoms with Crippen LogP contribution in [0.2, 0.25) is 5.02 Å². The maximum Gasteiger partial charge on any atom is 0.304 e. The van der Waals surface area contributed by atoms with Crippen LogP contribution in [0.3, 0.4) is 0 Å². The van der Waals surface area contributed by atoms with E-state index < -0.39 is 17.2 Å². The standard InChI is InChI=1S/C13H14ClFO4/c1-18-11-7(13(3-4-13)6-9(16)17)5-8(14)12(19-2)10(11)15/h5H,3-4,6H2,1-2H3,(H,16,17). The third-order valence-electron chi connectivity index (χ3n) is 3.45. The first-order valence-corrected chi connectivity index (χ1v) is 6.15. The summed E-state index contributed by atoms with van der Waals surface area (Å²) in [5, 5.41) is 9.08. The van der Waals surface area contributed by atoms with E-state index in [9.17, 15) is 9.18 Å². The zero-order valence-corrected chi connectivity index (χ0v) is 11.4. The summed E-state index contributed by atoms with van der Waals surface area (Å²) < 4.78 is 24.2. The van der Waals surface area contributed by atoms with Crippen molar-refractivity contribution in [1.82, 2.24) is 0 Å². The SMILES string of the molecule is COc1c(Cl)cc(C2(CC(=O)O)CC2)c(OC)c1F. The van der Waals surface area contributed by atoms with Gasteiger partial charge in [-0.3, -0.25) is 4.79 Å². The van der Waals surface area contributed by atoms with Gasteiger partial charge in [-0.1, -0.05) is 11.6 Å². The predicted octanol–water partition coefficient (Wildman–Crippen LogP) is 3.00. The van der Waals surface area contributed by atoms with Gasteiger partial charge in [-0.15, -0.1) is 0 Å². The molecule has 1 N–H and O–H groups in total. The first-order chi connectivity index (χ1) is 8.95. The summed E-state index contributed by atoms with van der Waals surface area (Å²) in [5.41, 5.74) is -0.0748. The van der Waals surface area contributed by atoms with Crippen LogP contribution in [0.25, 0.3) is 0 Å². The van der Waals surface area contributed by atoms with Crippen LogP contribution < -0.4 is 9.47 Å². The van der Waals surface area contributed by atoms with Gasteiger partial charge < -0.3 is 14.6 Å². The van der Waals surface area contributed by atoms with Gasteiger partial charge in [0, 0.05) is 11.0 Å². The Morgan fingerprint density at radius 3 is 2.42 bits per heavy atom. The zero-order chi connectivity index (χ0) is 14.2. The molecule has 0 bridgehead atoms. The summed E-state index contributed by atoms with van der Waals surface area (Å²) in [7, 11) is 2.65. The first kappa shape index (κ1) is 13.9. The molecule has 1 aromatic carbocycles. The minimum absolute atomic E-state index is 0.0139. The first-order valence-electron chi connectivity index (χ1n) is 5.77. The number of ether oxygens (including phenoxy) is 2. The van der Waals surface area contributed by atoms with E-state index in [4.69, 9.17) is 26.2 Å². The summed E-state index contributed by atoms with van der Waals surface area (Å²) in [5.74, 6) is -1.69. The fraction of sp³-hybridized carbons (Fsp3) is 0.462. The van der Waals surface area contributed by atoms with E-state index in [1.807, 2.05) is 0 Å². The summed E-state index contributed by atoms with van der Waals surface area (Å²) >= 11 is 5.97. The Labute approximate surface area is 115 Å². The van der Waals surface area contributed by atoms with E-state index in [1.54, 1.807) is 0 Å².